The zero-order valence-corrected chi connectivity index (χ0v) is 15.1. The summed E-state index contributed by atoms with van der Waals surface area (Å²) in [7, 11) is 1.70. The summed E-state index contributed by atoms with van der Waals surface area (Å²) < 4.78 is 11.5. The normalized spacial score (nSPS) is 15.9. The van der Waals surface area contributed by atoms with Gasteiger partial charge in [-0.1, -0.05) is 51.0 Å². The fourth-order valence-electron chi connectivity index (χ4n) is 3.52. The van der Waals surface area contributed by atoms with E-state index in [1.54, 1.807) is 7.11 Å². The molecular formula is C22H28O2. The summed E-state index contributed by atoms with van der Waals surface area (Å²) in [5.74, 6) is 1.82. The van der Waals surface area contributed by atoms with Crippen LogP contribution in [0.2, 0.25) is 0 Å². The van der Waals surface area contributed by atoms with E-state index in [-0.39, 0.29) is 6.10 Å². The van der Waals surface area contributed by atoms with Crippen molar-refractivity contribution in [1.29, 1.82) is 0 Å². The van der Waals surface area contributed by atoms with Crippen LogP contribution < -0.4 is 9.47 Å². The summed E-state index contributed by atoms with van der Waals surface area (Å²) in [6, 6.07) is 13.1. The molecule has 0 radical (unpaired) electrons. The van der Waals surface area contributed by atoms with Gasteiger partial charge >= 0.3 is 0 Å². The molecule has 0 bridgehead atoms. The number of ether oxygens (including phenoxy) is 2. The lowest BCUT2D eigenvalue weighted by Gasteiger charge is -2.16. The monoisotopic (exact) mass is 324 g/mol. The number of unbranched alkanes of at least 4 members (excludes halogenated alkanes) is 2. The van der Waals surface area contributed by atoms with Gasteiger partial charge in [-0.05, 0) is 47.6 Å². The van der Waals surface area contributed by atoms with Crippen molar-refractivity contribution in [2.75, 3.05) is 7.11 Å². The van der Waals surface area contributed by atoms with Crippen molar-refractivity contribution in [2.24, 2.45) is 0 Å². The molecule has 0 N–H and O–H groups in total. The molecule has 0 spiro atoms. The van der Waals surface area contributed by atoms with Gasteiger partial charge in [-0.15, -0.1) is 0 Å². The van der Waals surface area contributed by atoms with Crippen molar-refractivity contribution in [3.05, 3.63) is 58.7 Å². The number of rotatable bonds is 7. The molecule has 128 valence electrons. The molecule has 1 unspecified atom stereocenters. The van der Waals surface area contributed by atoms with E-state index >= 15 is 0 Å². The molecule has 3 rings (SSSR count). The number of hydrogen-bond acceptors (Lipinski definition) is 2. The molecule has 1 atom stereocenters. The molecule has 0 aliphatic carbocycles. The first-order valence-electron chi connectivity index (χ1n) is 9.20. The Labute approximate surface area is 145 Å². The second-order valence-electron chi connectivity index (χ2n) is 6.63. The molecule has 0 fully saturated rings. The number of aryl methyl sites for hydroxylation is 2. The van der Waals surface area contributed by atoms with Gasteiger partial charge in [0.1, 0.15) is 17.6 Å². The first-order chi connectivity index (χ1) is 11.7. The quantitative estimate of drug-likeness (QED) is 0.611. The van der Waals surface area contributed by atoms with Gasteiger partial charge in [-0.3, -0.25) is 0 Å². The lowest BCUT2D eigenvalue weighted by molar-refractivity contribution is 0.236. The Bertz CT molecular complexity index is 690. The molecule has 0 saturated heterocycles. The van der Waals surface area contributed by atoms with Gasteiger partial charge in [-0.2, -0.15) is 0 Å². The van der Waals surface area contributed by atoms with Gasteiger partial charge in [0, 0.05) is 12.5 Å². The maximum atomic E-state index is 6.24. The minimum Gasteiger partial charge on any atom is -0.497 e. The van der Waals surface area contributed by atoms with E-state index in [0.717, 1.165) is 24.3 Å². The molecule has 2 nitrogen and oxygen atoms in total. The average molecular weight is 324 g/mol. The van der Waals surface area contributed by atoms with Crippen LogP contribution in [0.15, 0.2) is 36.4 Å². The van der Waals surface area contributed by atoms with Crippen molar-refractivity contribution in [3.8, 4) is 11.5 Å². The first-order valence-corrected chi connectivity index (χ1v) is 9.20. The Hall–Kier alpha value is -1.96. The van der Waals surface area contributed by atoms with Crippen molar-refractivity contribution >= 4 is 0 Å². The molecule has 2 aromatic rings. The molecule has 0 saturated carbocycles. The summed E-state index contributed by atoms with van der Waals surface area (Å²) in [5.41, 5.74) is 5.50. The minimum absolute atomic E-state index is 0.131. The zero-order chi connectivity index (χ0) is 16.9. The van der Waals surface area contributed by atoms with Crippen LogP contribution in [-0.4, -0.2) is 7.11 Å². The van der Waals surface area contributed by atoms with Crippen molar-refractivity contribution in [1.82, 2.24) is 0 Å². The predicted octanol–water partition coefficient (Wildman–Crippen LogP) is 5.67. The van der Waals surface area contributed by atoms with Crippen molar-refractivity contribution in [3.63, 3.8) is 0 Å². The zero-order valence-electron chi connectivity index (χ0n) is 15.1. The van der Waals surface area contributed by atoms with E-state index in [1.807, 2.05) is 12.1 Å². The highest BCUT2D eigenvalue weighted by atomic mass is 16.5. The minimum atomic E-state index is 0.131. The highest BCUT2D eigenvalue weighted by Crippen LogP contribution is 2.39. The third kappa shape index (κ3) is 3.58. The van der Waals surface area contributed by atoms with Crippen LogP contribution in [-0.2, 0) is 19.3 Å². The fraction of sp³-hybridized carbons (Fsp3) is 0.455. The molecular weight excluding hydrogens is 296 g/mol. The van der Waals surface area contributed by atoms with E-state index < -0.39 is 0 Å². The molecule has 1 aliphatic rings. The molecule has 0 aromatic heterocycles. The highest BCUT2D eigenvalue weighted by molar-refractivity contribution is 5.46. The molecule has 1 heterocycles. The summed E-state index contributed by atoms with van der Waals surface area (Å²) in [5, 5.41) is 0. The maximum Gasteiger partial charge on any atom is 0.128 e. The molecule has 2 aromatic carbocycles. The number of hydrogen-bond donors (Lipinski definition) is 0. The SMILES string of the molecule is CCCCCc1ccc(C2Cc3ccc(OC)cc3O2)c(CC)c1. The van der Waals surface area contributed by atoms with Crippen LogP contribution in [0.3, 0.4) is 0 Å². The second-order valence-corrected chi connectivity index (χ2v) is 6.63. The number of fused-ring (bicyclic) bond motifs is 1. The van der Waals surface area contributed by atoms with Crippen LogP contribution >= 0.6 is 0 Å². The van der Waals surface area contributed by atoms with Crippen molar-refractivity contribution < 1.29 is 9.47 Å². The first kappa shape index (κ1) is 16.9. The second kappa shape index (κ2) is 7.74. The van der Waals surface area contributed by atoms with Gasteiger partial charge in [0.2, 0.25) is 0 Å². The Morgan fingerprint density at radius 1 is 1.08 bits per heavy atom. The van der Waals surface area contributed by atoms with Gasteiger partial charge < -0.3 is 9.47 Å². The lowest BCUT2D eigenvalue weighted by Crippen LogP contribution is -2.07. The van der Waals surface area contributed by atoms with Gasteiger partial charge in [0.05, 0.1) is 7.11 Å². The van der Waals surface area contributed by atoms with E-state index in [1.165, 1.54) is 47.9 Å². The fourth-order valence-corrected chi connectivity index (χ4v) is 3.52. The topological polar surface area (TPSA) is 18.5 Å². The lowest BCUT2D eigenvalue weighted by atomic mass is 9.94. The van der Waals surface area contributed by atoms with E-state index in [4.69, 9.17) is 9.47 Å². The van der Waals surface area contributed by atoms with Gasteiger partial charge in [0.25, 0.3) is 0 Å². The molecule has 0 amide bonds. The maximum absolute atomic E-state index is 6.24. The van der Waals surface area contributed by atoms with Crippen LogP contribution in [0, 0.1) is 0 Å². The highest BCUT2D eigenvalue weighted by Gasteiger charge is 2.26. The van der Waals surface area contributed by atoms with Gasteiger partial charge in [0.15, 0.2) is 0 Å². The number of benzene rings is 2. The molecule has 24 heavy (non-hydrogen) atoms. The van der Waals surface area contributed by atoms with E-state index in [0.29, 0.717) is 0 Å². The molecule has 1 aliphatic heterocycles. The summed E-state index contributed by atoms with van der Waals surface area (Å²) in [4.78, 5) is 0. The van der Waals surface area contributed by atoms with Crippen molar-refractivity contribution in [2.45, 2.75) is 58.5 Å². The summed E-state index contributed by atoms with van der Waals surface area (Å²) in [6.07, 6.45) is 7.18. The Balaban J connectivity index is 1.77. The van der Waals surface area contributed by atoms with Crippen LogP contribution in [0.4, 0.5) is 0 Å². The Morgan fingerprint density at radius 3 is 2.71 bits per heavy atom. The Morgan fingerprint density at radius 2 is 1.96 bits per heavy atom. The Kier molecular flexibility index (Phi) is 5.44. The van der Waals surface area contributed by atoms with Gasteiger partial charge in [-0.25, -0.2) is 0 Å². The van der Waals surface area contributed by atoms with E-state index in [2.05, 4.69) is 38.1 Å². The third-order valence-electron chi connectivity index (χ3n) is 4.95. The van der Waals surface area contributed by atoms with Crippen LogP contribution in [0.25, 0.3) is 0 Å². The number of methoxy groups -OCH3 is 1. The summed E-state index contributed by atoms with van der Waals surface area (Å²) >= 11 is 0. The smallest absolute Gasteiger partial charge is 0.128 e. The molecule has 2 heteroatoms. The van der Waals surface area contributed by atoms with E-state index in [9.17, 15) is 0 Å². The van der Waals surface area contributed by atoms with Crippen LogP contribution in [0.1, 0.15) is 61.5 Å². The largest absolute Gasteiger partial charge is 0.497 e. The standard InChI is InChI=1S/C22H28O2/c1-4-6-7-8-16-9-12-20(17(5-2)13-16)22-14-18-10-11-19(23-3)15-21(18)24-22/h9-13,15,22H,4-8,14H2,1-3H3. The average Bonchev–Trinajstić information content (AvgIpc) is 3.04. The summed E-state index contributed by atoms with van der Waals surface area (Å²) in [6.45, 7) is 4.49. The third-order valence-corrected chi connectivity index (χ3v) is 4.95. The van der Waals surface area contributed by atoms with Crippen LogP contribution in [0.5, 0.6) is 11.5 Å². The predicted molar refractivity (Wildman–Crippen MR) is 99.1 cm³/mol.